The fourth-order valence-corrected chi connectivity index (χ4v) is 4.83. The first-order valence-electron chi connectivity index (χ1n) is 12.7. The highest BCUT2D eigenvalue weighted by Crippen LogP contribution is 2.43. The predicted octanol–water partition coefficient (Wildman–Crippen LogP) is 5.94. The Bertz CT molecular complexity index is 1430. The van der Waals surface area contributed by atoms with Gasteiger partial charge in [0.1, 0.15) is 11.5 Å². The molecule has 0 saturated carbocycles. The van der Waals surface area contributed by atoms with E-state index in [1.807, 2.05) is 37.3 Å². The first kappa shape index (κ1) is 27.8. The van der Waals surface area contributed by atoms with Crippen molar-refractivity contribution < 1.29 is 28.9 Å². The van der Waals surface area contributed by atoms with Crippen LogP contribution >= 0.6 is 0 Å². The second-order valence-electron chi connectivity index (χ2n) is 10.7. The van der Waals surface area contributed by atoms with Gasteiger partial charge in [-0.25, -0.2) is 0 Å². The van der Waals surface area contributed by atoms with Gasteiger partial charge in [0, 0.05) is 12.1 Å². The minimum absolute atomic E-state index is 0.0369. The molecule has 1 saturated heterocycles. The molecule has 7 nitrogen and oxygen atoms in total. The summed E-state index contributed by atoms with van der Waals surface area (Å²) in [4.78, 5) is 28.6. The summed E-state index contributed by atoms with van der Waals surface area (Å²) in [6.45, 7) is 8.28. The average molecular weight is 530 g/mol. The van der Waals surface area contributed by atoms with Crippen LogP contribution < -0.4 is 14.2 Å². The van der Waals surface area contributed by atoms with E-state index in [1.54, 1.807) is 37.4 Å². The summed E-state index contributed by atoms with van der Waals surface area (Å²) in [6, 6.07) is 17.5. The molecule has 0 bridgehead atoms. The van der Waals surface area contributed by atoms with Crippen molar-refractivity contribution in [1.29, 1.82) is 0 Å². The number of aliphatic hydroxyl groups excluding tert-OH is 1. The van der Waals surface area contributed by atoms with Crippen molar-refractivity contribution in [2.24, 2.45) is 0 Å². The Morgan fingerprint density at radius 3 is 2.13 bits per heavy atom. The topological polar surface area (TPSA) is 85.3 Å². The van der Waals surface area contributed by atoms with E-state index in [0.29, 0.717) is 28.4 Å². The van der Waals surface area contributed by atoms with Crippen molar-refractivity contribution in [3.63, 3.8) is 0 Å². The van der Waals surface area contributed by atoms with Crippen LogP contribution in [0.1, 0.15) is 54.6 Å². The number of carbonyl (C=O) groups is 2. The van der Waals surface area contributed by atoms with E-state index in [1.165, 1.54) is 19.1 Å². The van der Waals surface area contributed by atoms with Crippen LogP contribution in [0.4, 0.5) is 0 Å². The van der Waals surface area contributed by atoms with Crippen LogP contribution in [0.25, 0.3) is 5.76 Å². The number of aryl methyl sites for hydroxylation is 1. The standard InChI is InChI=1S/C32H35NO6/c1-19-8-12-22(32(2,3)4)17-24(19)29(34)27-28(21-11-15-25(38-6)26(16-21)39-7)33(31(36)30(27)35)18-20-9-13-23(37-5)14-10-20/h8-17,28,34H,18H2,1-7H3/b29-27+. The van der Waals surface area contributed by atoms with E-state index in [9.17, 15) is 14.7 Å². The smallest absolute Gasteiger partial charge is 0.295 e. The molecule has 1 aliphatic heterocycles. The van der Waals surface area contributed by atoms with Crippen molar-refractivity contribution in [2.75, 3.05) is 21.3 Å². The van der Waals surface area contributed by atoms with Gasteiger partial charge in [0.15, 0.2) is 11.5 Å². The normalized spacial score (nSPS) is 16.9. The molecule has 3 aromatic rings. The number of nitrogens with zero attached hydrogens (tertiary/aromatic N) is 1. The molecule has 7 heteroatoms. The lowest BCUT2D eigenvalue weighted by atomic mass is 9.84. The molecule has 4 rings (SSSR count). The van der Waals surface area contributed by atoms with Gasteiger partial charge in [-0.3, -0.25) is 9.59 Å². The number of aliphatic hydroxyl groups is 1. The van der Waals surface area contributed by atoms with E-state index in [4.69, 9.17) is 14.2 Å². The zero-order valence-electron chi connectivity index (χ0n) is 23.5. The Kier molecular flexibility index (Phi) is 7.72. The van der Waals surface area contributed by atoms with E-state index >= 15 is 0 Å². The van der Waals surface area contributed by atoms with Crippen molar-refractivity contribution in [3.05, 3.63) is 94.1 Å². The van der Waals surface area contributed by atoms with Crippen LogP contribution in [0.2, 0.25) is 0 Å². The van der Waals surface area contributed by atoms with Crippen LogP contribution in [-0.4, -0.2) is 43.0 Å². The first-order chi connectivity index (χ1) is 18.5. The number of amides is 1. The van der Waals surface area contributed by atoms with E-state index < -0.39 is 17.7 Å². The van der Waals surface area contributed by atoms with Crippen LogP contribution in [0.5, 0.6) is 17.2 Å². The van der Waals surface area contributed by atoms with Crippen molar-refractivity contribution in [3.8, 4) is 17.2 Å². The highest BCUT2D eigenvalue weighted by atomic mass is 16.5. The maximum absolute atomic E-state index is 13.6. The van der Waals surface area contributed by atoms with Gasteiger partial charge < -0.3 is 24.2 Å². The zero-order chi connectivity index (χ0) is 28.5. The third-order valence-corrected chi connectivity index (χ3v) is 7.13. The van der Waals surface area contributed by atoms with E-state index in [-0.39, 0.29) is 23.3 Å². The third kappa shape index (κ3) is 5.35. The van der Waals surface area contributed by atoms with Gasteiger partial charge in [-0.15, -0.1) is 0 Å². The molecular weight excluding hydrogens is 494 g/mol. The summed E-state index contributed by atoms with van der Waals surface area (Å²) in [5.74, 6) is 0.0385. The summed E-state index contributed by atoms with van der Waals surface area (Å²) >= 11 is 0. The van der Waals surface area contributed by atoms with E-state index in [0.717, 1.165) is 16.7 Å². The number of ether oxygens (including phenoxy) is 3. The molecular formula is C32H35NO6. The quantitative estimate of drug-likeness (QED) is 0.232. The number of benzene rings is 3. The molecule has 1 amide bonds. The molecule has 1 fully saturated rings. The van der Waals surface area contributed by atoms with Gasteiger partial charge in [0.05, 0.1) is 32.9 Å². The monoisotopic (exact) mass is 529 g/mol. The van der Waals surface area contributed by atoms with Gasteiger partial charge in [-0.2, -0.15) is 0 Å². The lowest BCUT2D eigenvalue weighted by Gasteiger charge is -2.26. The molecule has 3 aromatic carbocycles. The minimum Gasteiger partial charge on any atom is -0.507 e. The maximum atomic E-state index is 13.6. The van der Waals surface area contributed by atoms with Crippen LogP contribution in [-0.2, 0) is 21.5 Å². The number of likely N-dealkylation sites (tertiary alicyclic amines) is 1. The number of Topliss-reactive ketones (excluding diaryl/α,β-unsaturated/α-hetero) is 1. The number of hydrogen-bond donors (Lipinski definition) is 1. The minimum atomic E-state index is -0.843. The second-order valence-corrected chi connectivity index (χ2v) is 10.7. The largest absolute Gasteiger partial charge is 0.507 e. The molecule has 1 atom stereocenters. The molecule has 0 aromatic heterocycles. The Morgan fingerprint density at radius 2 is 1.54 bits per heavy atom. The lowest BCUT2D eigenvalue weighted by Crippen LogP contribution is -2.29. The van der Waals surface area contributed by atoms with Crippen molar-refractivity contribution >= 4 is 17.4 Å². The number of ketones is 1. The van der Waals surface area contributed by atoms with Gasteiger partial charge in [-0.05, 0) is 64.9 Å². The maximum Gasteiger partial charge on any atom is 0.295 e. The van der Waals surface area contributed by atoms with Gasteiger partial charge >= 0.3 is 0 Å². The predicted molar refractivity (Wildman–Crippen MR) is 150 cm³/mol. The number of rotatable bonds is 7. The van der Waals surface area contributed by atoms with Crippen molar-refractivity contribution in [1.82, 2.24) is 4.90 Å². The Labute approximate surface area is 229 Å². The van der Waals surface area contributed by atoms with Crippen molar-refractivity contribution in [2.45, 2.75) is 45.7 Å². The summed E-state index contributed by atoms with van der Waals surface area (Å²) in [5, 5.41) is 11.7. The van der Waals surface area contributed by atoms with Gasteiger partial charge in [0.2, 0.25) is 0 Å². The molecule has 1 heterocycles. The zero-order valence-corrected chi connectivity index (χ0v) is 23.5. The number of hydrogen-bond acceptors (Lipinski definition) is 6. The van der Waals surface area contributed by atoms with Crippen LogP contribution in [0.15, 0.2) is 66.2 Å². The fourth-order valence-electron chi connectivity index (χ4n) is 4.83. The lowest BCUT2D eigenvalue weighted by molar-refractivity contribution is -0.140. The third-order valence-electron chi connectivity index (χ3n) is 7.13. The highest BCUT2D eigenvalue weighted by Gasteiger charge is 2.46. The second kappa shape index (κ2) is 10.8. The molecule has 204 valence electrons. The summed E-state index contributed by atoms with van der Waals surface area (Å²) in [6.07, 6.45) is 0. The SMILES string of the molecule is COc1ccc(CN2C(=O)C(=O)/C(=C(/O)c3cc(C(C)(C)C)ccc3C)C2c2ccc(OC)c(OC)c2)cc1. The summed E-state index contributed by atoms with van der Waals surface area (Å²) < 4.78 is 16.2. The van der Waals surface area contributed by atoms with E-state index in [2.05, 4.69) is 20.8 Å². The Balaban J connectivity index is 1.92. The number of methoxy groups -OCH3 is 3. The molecule has 1 N–H and O–H groups in total. The Morgan fingerprint density at radius 1 is 0.872 bits per heavy atom. The van der Waals surface area contributed by atoms with Crippen LogP contribution in [0.3, 0.4) is 0 Å². The molecule has 0 aliphatic carbocycles. The Hall–Kier alpha value is -4.26. The molecule has 0 radical (unpaired) electrons. The summed E-state index contributed by atoms with van der Waals surface area (Å²) in [5.41, 5.74) is 3.62. The fraction of sp³-hybridized carbons (Fsp3) is 0.312. The van der Waals surface area contributed by atoms with Crippen LogP contribution in [0, 0.1) is 6.92 Å². The first-order valence-corrected chi connectivity index (χ1v) is 12.7. The average Bonchev–Trinajstić information content (AvgIpc) is 3.17. The molecule has 39 heavy (non-hydrogen) atoms. The highest BCUT2D eigenvalue weighted by molar-refractivity contribution is 6.46. The molecule has 0 spiro atoms. The van der Waals surface area contributed by atoms with Gasteiger partial charge in [0.25, 0.3) is 11.7 Å². The molecule has 1 aliphatic rings. The summed E-state index contributed by atoms with van der Waals surface area (Å²) in [7, 11) is 4.65. The number of carbonyl (C=O) groups excluding carboxylic acids is 2. The molecule has 1 unspecified atom stereocenters. The van der Waals surface area contributed by atoms with Gasteiger partial charge in [-0.1, -0.05) is 51.1 Å².